The smallest absolute Gasteiger partial charge is 0.321 e. The Morgan fingerprint density at radius 2 is 1.78 bits per heavy atom. The molecule has 1 unspecified atom stereocenters. The highest BCUT2D eigenvalue weighted by Crippen LogP contribution is 2.29. The summed E-state index contributed by atoms with van der Waals surface area (Å²) < 4.78 is 32.0. The van der Waals surface area contributed by atoms with E-state index >= 15 is 0 Å². The van der Waals surface area contributed by atoms with Crippen LogP contribution in [0, 0.1) is 10.1 Å². The number of hydrogen-bond acceptors (Lipinski definition) is 8. The third-order valence-corrected chi connectivity index (χ3v) is 6.07. The van der Waals surface area contributed by atoms with Crippen molar-refractivity contribution in [2.24, 2.45) is 0 Å². The predicted molar refractivity (Wildman–Crippen MR) is 118 cm³/mol. The Hall–Kier alpha value is -3.31. The van der Waals surface area contributed by atoms with Crippen molar-refractivity contribution in [3.63, 3.8) is 0 Å². The van der Waals surface area contributed by atoms with E-state index in [0.717, 1.165) is 18.1 Å². The quantitative estimate of drug-likeness (QED) is 0.245. The number of aryl methyl sites for hydroxylation is 1. The van der Waals surface area contributed by atoms with E-state index in [2.05, 4.69) is 0 Å². The van der Waals surface area contributed by atoms with Crippen LogP contribution in [0.5, 0.6) is 0 Å². The molecule has 11 heteroatoms. The van der Waals surface area contributed by atoms with Crippen LogP contribution in [0.1, 0.15) is 29.8 Å². The Labute approximate surface area is 186 Å². The van der Waals surface area contributed by atoms with Crippen LogP contribution in [-0.2, 0) is 26.0 Å². The van der Waals surface area contributed by atoms with E-state index in [-0.39, 0.29) is 10.6 Å². The van der Waals surface area contributed by atoms with Gasteiger partial charge in [-0.25, -0.2) is 8.42 Å². The van der Waals surface area contributed by atoms with Gasteiger partial charge in [0.05, 0.1) is 9.82 Å². The fourth-order valence-electron chi connectivity index (χ4n) is 2.86. The molecule has 0 bridgehead atoms. The highest BCUT2D eigenvalue weighted by molar-refractivity contribution is 7.89. The number of ether oxygens (including phenoxy) is 1. The third-order valence-electron chi connectivity index (χ3n) is 4.67. The Morgan fingerprint density at radius 3 is 2.31 bits per heavy atom. The van der Waals surface area contributed by atoms with Crippen LogP contribution in [-0.4, -0.2) is 51.8 Å². The number of hydrogen-bond donors (Lipinski definition) is 1. The number of nitrogens with zero attached hydrogens (tertiary/aromatic N) is 2. The summed E-state index contributed by atoms with van der Waals surface area (Å²) in [5.41, 5.74) is 1.26. The molecule has 1 atom stereocenters. The van der Waals surface area contributed by atoms with Gasteiger partial charge in [-0.1, -0.05) is 31.2 Å². The zero-order valence-corrected chi connectivity index (χ0v) is 19.0. The number of nitro groups is 1. The van der Waals surface area contributed by atoms with Gasteiger partial charge in [0.25, 0.3) is 5.69 Å². The maximum absolute atomic E-state index is 12.5. The van der Waals surface area contributed by atoms with Crippen LogP contribution < -0.4 is 9.62 Å². The van der Waals surface area contributed by atoms with Crippen molar-refractivity contribution in [2.75, 3.05) is 25.5 Å². The number of esters is 1. The minimum absolute atomic E-state index is 0.229. The average Bonchev–Trinajstić information content (AvgIpc) is 2.76. The van der Waals surface area contributed by atoms with Gasteiger partial charge in [0.15, 0.2) is 6.10 Å². The van der Waals surface area contributed by atoms with Crippen molar-refractivity contribution in [1.82, 2.24) is 4.72 Å². The van der Waals surface area contributed by atoms with Crippen molar-refractivity contribution in [3.05, 3.63) is 63.7 Å². The molecule has 0 amide bonds. The lowest BCUT2D eigenvalue weighted by atomic mass is 10.0. The molecular weight excluding hydrogens is 438 g/mol. The fourth-order valence-corrected chi connectivity index (χ4v) is 3.85. The van der Waals surface area contributed by atoms with E-state index in [1.165, 1.54) is 24.0 Å². The van der Waals surface area contributed by atoms with Crippen LogP contribution in [0.15, 0.2) is 47.4 Å². The Balaban J connectivity index is 2.04. The van der Waals surface area contributed by atoms with E-state index in [0.29, 0.717) is 5.56 Å². The number of nitro benzene ring substituents is 1. The first-order valence-corrected chi connectivity index (χ1v) is 11.2. The van der Waals surface area contributed by atoms with Gasteiger partial charge in [-0.15, -0.1) is 0 Å². The first-order chi connectivity index (χ1) is 15.0. The number of anilines is 1. The van der Waals surface area contributed by atoms with Gasteiger partial charge >= 0.3 is 5.97 Å². The Bertz CT molecular complexity index is 1110. The van der Waals surface area contributed by atoms with Gasteiger partial charge in [-0.05, 0) is 31.0 Å². The summed E-state index contributed by atoms with van der Waals surface area (Å²) in [6, 6.07) is 10.3. The van der Waals surface area contributed by atoms with E-state index in [4.69, 9.17) is 4.74 Å². The molecule has 0 saturated heterocycles. The molecule has 172 valence electrons. The molecule has 2 rings (SSSR count). The van der Waals surface area contributed by atoms with Crippen LogP contribution in [0.2, 0.25) is 0 Å². The van der Waals surface area contributed by atoms with Gasteiger partial charge in [-0.2, -0.15) is 4.72 Å². The van der Waals surface area contributed by atoms with E-state index in [9.17, 15) is 28.1 Å². The Kier molecular flexibility index (Phi) is 8.06. The number of carbonyl (C=O) groups excluding carboxylic acids is 2. The number of benzene rings is 2. The maximum atomic E-state index is 12.5. The van der Waals surface area contributed by atoms with Crippen molar-refractivity contribution in [1.29, 1.82) is 0 Å². The number of Topliss-reactive ketones (excluding diaryl/α,β-unsaturated/α-hetero) is 1. The second kappa shape index (κ2) is 10.3. The van der Waals surface area contributed by atoms with Crippen LogP contribution in [0.4, 0.5) is 11.4 Å². The summed E-state index contributed by atoms with van der Waals surface area (Å²) in [6.07, 6.45) is -0.292. The predicted octanol–water partition coefficient (Wildman–Crippen LogP) is 2.32. The second-order valence-corrected chi connectivity index (χ2v) is 8.94. The van der Waals surface area contributed by atoms with Gasteiger partial charge in [-0.3, -0.25) is 19.7 Å². The minimum atomic E-state index is -4.23. The van der Waals surface area contributed by atoms with Crippen molar-refractivity contribution in [2.45, 2.75) is 31.3 Å². The third kappa shape index (κ3) is 6.11. The molecule has 0 radical (unpaired) electrons. The molecule has 0 heterocycles. The van der Waals surface area contributed by atoms with Crippen molar-refractivity contribution < 1.29 is 27.7 Å². The molecule has 2 aromatic carbocycles. The number of rotatable bonds is 10. The van der Waals surface area contributed by atoms with E-state index in [1.54, 1.807) is 38.4 Å². The molecular formula is C21H25N3O7S. The number of sulfonamides is 1. The number of ketones is 1. The van der Waals surface area contributed by atoms with Gasteiger partial charge in [0.1, 0.15) is 12.2 Å². The van der Waals surface area contributed by atoms with Crippen molar-refractivity contribution in [3.8, 4) is 0 Å². The second-order valence-electron chi connectivity index (χ2n) is 7.17. The lowest BCUT2D eigenvalue weighted by Gasteiger charge is -2.15. The first-order valence-electron chi connectivity index (χ1n) is 9.74. The molecule has 0 aliphatic heterocycles. The molecule has 2 aromatic rings. The molecule has 0 spiro atoms. The topological polar surface area (TPSA) is 136 Å². The molecule has 0 aliphatic carbocycles. The van der Waals surface area contributed by atoms with E-state index < -0.39 is 45.0 Å². The summed E-state index contributed by atoms with van der Waals surface area (Å²) in [5.74, 6) is -1.38. The number of nitrogens with one attached hydrogen (secondary N) is 1. The molecule has 1 N–H and O–H groups in total. The summed E-state index contributed by atoms with van der Waals surface area (Å²) in [5, 5.41) is 11.3. The summed E-state index contributed by atoms with van der Waals surface area (Å²) >= 11 is 0. The summed E-state index contributed by atoms with van der Waals surface area (Å²) in [6.45, 7) is 2.64. The molecule has 0 saturated carbocycles. The monoisotopic (exact) mass is 463 g/mol. The number of carbonyl (C=O) groups is 2. The standard InChI is InChI=1S/C21H25N3O7S/c1-5-15-6-8-16(9-7-15)21(26)14(2)31-20(25)13-22-32(29,30)17-10-11-18(23(3)4)19(12-17)24(27)28/h6-12,14,22H,5,13H2,1-4H3. The molecule has 10 nitrogen and oxygen atoms in total. The van der Waals surface area contributed by atoms with Crippen LogP contribution in [0.3, 0.4) is 0 Å². The van der Waals surface area contributed by atoms with Crippen LogP contribution >= 0.6 is 0 Å². The van der Waals surface area contributed by atoms with Gasteiger partial charge in [0, 0.05) is 25.7 Å². The first kappa shape index (κ1) is 25.0. The summed E-state index contributed by atoms with van der Waals surface area (Å²) in [4.78, 5) is 36.2. The molecule has 0 fully saturated rings. The zero-order chi connectivity index (χ0) is 24.1. The Morgan fingerprint density at radius 1 is 1.16 bits per heavy atom. The lowest BCUT2D eigenvalue weighted by molar-refractivity contribution is -0.384. The molecule has 32 heavy (non-hydrogen) atoms. The van der Waals surface area contributed by atoms with E-state index in [1.807, 2.05) is 11.6 Å². The highest BCUT2D eigenvalue weighted by Gasteiger charge is 2.24. The van der Waals surface area contributed by atoms with Crippen molar-refractivity contribution >= 4 is 33.2 Å². The normalized spacial score (nSPS) is 12.1. The zero-order valence-electron chi connectivity index (χ0n) is 18.2. The largest absolute Gasteiger partial charge is 0.453 e. The van der Waals surface area contributed by atoms with Gasteiger partial charge in [0.2, 0.25) is 15.8 Å². The SMILES string of the molecule is CCc1ccc(C(=O)C(C)OC(=O)CNS(=O)(=O)c2ccc(N(C)C)c([N+](=O)[O-])c2)cc1. The lowest BCUT2D eigenvalue weighted by Crippen LogP contribution is -2.34. The average molecular weight is 464 g/mol. The fraction of sp³-hybridized carbons (Fsp3) is 0.333. The maximum Gasteiger partial charge on any atom is 0.321 e. The molecule has 0 aliphatic rings. The van der Waals surface area contributed by atoms with Crippen LogP contribution in [0.25, 0.3) is 0 Å². The molecule has 0 aromatic heterocycles. The minimum Gasteiger partial charge on any atom is -0.453 e. The highest BCUT2D eigenvalue weighted by atomic mass is 32.2. The summed E-state index contributed by atoms with van der Waals surface area (Å²) in [7, 11) is -1.05. The van der Waals surface area contributed by atoms with Gasteiger partial charge < -0.3 is 9.64 Å².